The van der Waals surface area contributed by atoms with Gasteiger partial charge in [-0.2, -0.15) is 0 Å². The van der Waals surface area contributed by atoms with Crippen molar-refractivity contribution in [3.05, 3.63) is 0 Å². The molecule has 0 amide bonds. The zero-order chi connectivity index (χ0) is 9.35. The first kappa shape index (κ1) is 9.32. The minimum Gasteiger partial charge on any atom is -0.424 e. The Balaban J connectivity index is 2.70. The van der Waals surface area contributed by atoms with Crippen molar-refractivity contribution in [2.75, 3.05) is 7.11 Å². The van der Waals surface area contributed by atoms with Crippen LogP contribution < -0.4 is 0 Å². The molecular formula is C8H14O4. The van der Waals surface area contributed by atoms with Gasteiger partial charge in [0.15, 0.2) is 6.10 Å². The lowest BCUT2D eigenvalue weighted by atomic mass is 9.89. The molecule has 0 aromatic heterocycles. The molecule has 0 aromatic rings. The van der Waals surface area contributed by atoms with Crippen LogP contribution in [0, 0.1) is 5.41 Å². The summed E-state index contributed by atoms with van der Waals surface area (Å²) >= 11 is 0. The van der Waals surface area contributed by atoms with Gasteiger partial charge in [-0.25, -0.2) is 4.79 Å². The van der Waals surface area contributed by atoms with Gasteiger partial charge in [0.2, 0.25) is 6.29 Å². The fourth-order valence-corrected chi connectivity index (χ4v) is 1.10. The second-order valence-electron chi connectivity index (χ2n) is 3.88. The average molecular weight is 174 g/mol. The first-order valence-electron chi connectivity index (χ1n) is 3.85. The molecule has 0 N–H and O–H groups in total. The van der Waals surface area contributed by atoms with E-state index in [1.165, 1.54) is 7.11 Å². The van der Waals surface area contributed by atoms with Crippen LogP contribution in [0.3, 0.4) is 0 Å². The number of carbonyl (C=O) groups excluding carboxylic acids is 1. The summed E-state index contributed by atoms with van der Waals surface area (Å²) in [6, 6.07) is 0. The van der Waals surface area contributed by atoms with E-state index in [0.29, 0.717) is 0 Å². The molecule has 0 saturated carbocycles. The molecule has 1 saturated heterocycles. The predicted molar refractivity (Wildman–Crippen MR) is 41.6 cm³/mol. The quantitative estimate of drug-likeness (QED) is 0.565. The van der Waals surface area contributed by atoms with Gasteiger partial charge in [0, 0.05) is 12.5 Å². The molecule has 0 radical (unpaired) electrons. The van der Waals surface area contributed by atoms with Gasteiger partial charge >= 0.3 is 6.16 Å². The molecule has 4 nitrogen and oxygen atoms in total. The lowest BCUT2D eigenvalue weighted by Gasteiger charge is -2.26. The topological polar surface area (TPSA) is 44.8 Å². The van der Waals surface area contributed by atoms with Crippen molar-refractivity contribution in [2.45, 2.75) is 33.2 Å². The Morgan fingerprint density at radius 2 is 1.92 bits per heavy atom. The summed E-state index contributed by atoms with van der Waals surface area (Å²) in [5, 5.41) is 0. The number of ether oxygens (including phenoxy) is 3. The Labute approximate surface area is 71.8 Å². The van der Waals surface area contributed by atoms with E-state index in [9.17, 15) is 4.79 Å². The van der Waals surface area contributed by atoms with Gasteiger partial charge in [-0.05, 0) is 0 Å². The van der Waals surface area contributed by atoms with Gasteiger partial charge < -0.3 is 14.2 Å². The zero-order valence-electron chi connectivity index (χ0n) is 7.79. The molecule has 70 valence electrons. The van der Waals surface area contributed by atoms with Crippen LogP contribution in [-0.2, 0) is 14.2 Å². The Morgan fingerprint density at radius 3 is 2.25 bits per heavy atom. The van der Waals surface area contributed by atoms with Gasteiger partial charge in [-0.3, -0.25) is 0 Å². The molecule has 0 bridgehead atoms. The Bertz CT molecular complexity index is 182. The molecule has 0 aliphatic carbocycles. The maximum atomic E-state index is 10.7. The largest absolute Gasteiger partial charge is 0.511 e. The van der Waals surface area contributed by atoms with Crippen molar-refractivity contribution < 1.29 is 19.0 Å². The molecule has 1 rings (SSSR count). The SMILES string of the molecule is COC1OC(=O)OC1C(C)(C)C. The Hall–Kier alpha value is -0.770. The molecule has 2 unspecified atom stereocenters. The number of methoxy groups -OCH3 is 1. The normalized spacial score (nSPS) is 29.8. The van der Waals surface area contributed by atoms with Gasteiger partial charge in [0.1, 0.15) is 0 Å². The van der Waals surface area contributed by atoms with E-state index in [-0.39, 0.29) is 11.5 Å². The summed E-state index contributed by atoms with van der Waals surface area (Å²) in [6.45, 7) is 5.89. The average Bonchev–Trinajstić information content (AvgIpc) is 2.29. The van der Waals surface area contributed by atoms with Gasteiger partial charge in [-0.15, -0.1) is 0 Å². The predicted octanol–water partition coefficient (Wildman–Crippen LogP) is 1.54. The molecule has 2 atom stereocenters. The molecular weight excluding hydrogens is 160 g/mol. The Kier molecular flexibility index (Phi) is 2.28. The Morgan fingerprint density at radius 1 is 1.33 bits per heavy atom. The fourth-order valence-electron chi connectivity index (χ4n) is 1.10. The van der Waals surface area contributed by atoms with E-state index in [0.717, 1.165) is 0 Å². The maximum Gasteiger partial charge on any atom is 0.511 e. The maximum absolute atomic E-state index is 10.7. The van der Waals surface area contributed by atoms with Gasteiger partial charge in [0.05, 0.1) is 0 Å². The van der Waals surface area contributed by atoms with Crippen LogP contribution >= 0.6 is 0 Å². The molecule has 0 aromatic carbocycles. The van der Waals surface area contributed by atoms with Crippen LogP contribution in [0.2, 0.25) is 0 Å². The van der Waals surface area contributed by atoms with Crippen LogP contribution in [0.25, 0.3) is 0 Å². The highest BCUT2D eigenvalue weighted by atomic mass is 16.8. The number of hydrogen-bond acceptors (Lipinski definition) is 4. The molecule has 1 heterocycles. The lowest BCUT2D eigenvalue weighted by molar-refractivity contribution is -0.103. The van der Waals surface area contributed by atoms with E-state index in [1.807, 2.05) is 20.8 Å². The van der Waals surface area contributed by atoms with E-state index in [2.05, 4.69) is 0 Å². The smallest absolute Gasteiger partial charge is 0.424 e. The molecule has 0 spiro atoms. The molecule has 1 aliphatic rings. The highest BCUT2D eigenvalue weighted by Crippen LogP contribution is 2.31. The van der Waals surface area contributed by atoms with Crippen molar-refractivity contribution >= 4 is 6.16 Å². The highest BCUT2D eigenvalue weighted by molar-refractivity contribution is 5.62. The lowest BCUT2D eigenvalue weighted by Crippen LogP contribution is -2.36. The molecule has 1 aliphatic heterocycles. The van der Waals surface area contributed by atoms with Crippen molar-refractivity contribution in [3.8, 4) is 0 Å². The molecule has 4 heteroatoms. The van der Waals surface area contributed by atoms with Crippen LogP contribution in [0.15, 0.2) is 0 Å². The summed E-state index contributed by atoms with van der Waals surface area (Å²) in [4.78, 5) is 10.7. The second-order valence-corrected chi connectivity index (χ2v) is 3.88. The molecule has 12 heavy (non-hydrogen) atoms. The number of rotatable bonds is 1. The monoisotopic (exact) mass is 174 g/mol. The fraction of sp³-hybridized carbons (Fsp3) is 0.875. The van der Waals surface area contributed by atoms with E-state index < -0.39 is 12.4 Å². The first-order valence-corrected chi connectivity index (χ1v) is 3.85. The third-order valence-electron chi connectivity index (χ3n) is 1.77. The second kappa shape index (κ2) is 2.94. The number of hydrogen-bond donors (Lipinski definition) is 0. The third-order valence-corrected chi connectivity index (χ3v) is 1.77. The van der Waals surface area contributed by atoms with Crippen molar-refractivity contribution in [3.63, 3.8) is 0 Å². The van der Waals surface area contributed by atoms with E-state index in [4.69, 9.17) is 14.2 Å². The summed E-state index contributed by atoms with van der Waals surface area (Å²) < 4.78 is 14.7. The van der Waals surface area contributed by atoms with Crippen molar-refractivity contribution in [1.29, 1.82) is 0 Å². The summed E-state index contributed by atoms with van der Waals surface area (Å²) in [5.74, 6) is 0. The van der Waals surface area contributed by atoms with Crippen LogP contribution in [0.4, 0.5) is 4.79 Å². The zero-order valence-corrected chi connectivity index (χ0v) is 7.79. The minimum absolute atomic E-state index is 0.160. The van der Waals surface area contributed by atoms with Gasteiger partial charge in [-0.1, -0.05) is 20.8 Å². The van der Waals surface area contributed by atoms with Crippen LogP contribution in [0.1, 0.15) is 20.8 Å². The summed E-state index contributed by atoms with van der Waals surface area (Å²) in [5.41, 5.74) is -0.160. The standard InChI is InChI=1S/C8H14O4/c1-8(2,3)5-6(10-4)12-7(9)11-5/h5-6H,1-4H3. The molecule has 1 fully saturated rings. The third kappa shape index (κ3) is 1.69. The van der Waals surface area contributed by atoms with Crippen molar-refractivity contribution in [2.24, 2.45) is 5.41 Å². The highest BCUT2D eigenvalue weighted by Gasteiger charge is 2.44. The van der Waals surface area contributed by atoms with Crippen LogP contribution in [-0.4, -0.2) is 25.7 Å². The van der Waals surface area contributed by atoms with E-state index >= 15 is 0 Å². The number of cyclic esters (lactones) is 2. The first-order chi connectivity index (χ1) is 5.45. The van der Waals surface area contributed by atoms with Crippen LogP contribution in [0.5, 0.6) is 0 Å². The summed E-state index contributed by atoms with van der Waals surface area (Å²) in [7, 11) is 1.49. The summed E-state index contributed by atoms with van der Waals surface area (Å²) in [6.07, 6.45) is -1.55. The van der Waals surface area contributed by atoms with E-state index in [1.54, 1.807) is 0 Å². The van der Waals surface area contributed by atoms with Crippen molar-refractivity contribution in [1.82, 2.24) is 0 Å². The minimum atomic E-state index is -0.651. The number of carbonyl (C=O) groups is 1. The van der Waals surface area contributed by atoms with Gasteiger partial charge in [0.25, 0.3) is 0 Å².